The third kappa shape index (κ3) is 2.94. The first-order chi connectivity index (χ1) is 8.92. The van der Waals surface area contributed by atoms with Crippen LogP contribution in [-0.4, -0.2) is 26.8 Å². The Hall–Kier alpha value is -1.43. The molecule has 0 bridgehead atoms. The van der Waals surface area contributed by atoms with E-state index in [1.165, 1.54) is 18.4 Å². The third-order valence-corrected chi connectivity index (χ3v) is 4.71. The molecule has 2 aromatic rings. The van der Waals surface area contributed by atoms with E-state index in [9.17, 15) is 8.42 Å². The molecule has 0 fully saturated rings. The van der Waals surface area contributed by atoms with Gasteiger partial charge in [-0.25, -0.2) is 0 Å². The summed E-state index contributed by atoms with van der Waals surface area (Å²) in [6.45, 7) is 1.85. The smallest absolute Gasteiger partial charge is 0.195 e. The molecular formula is C14H18N2O2S. The molecular weight excluding hydrogens is 260 g/mol. The first kappa shape index (κ1) is 14.0. The van der Waals surface area contributed by atoms with E-state index < -0.39 is 10.2 Å². The van der Waals surface area contributed by atoms with Crippen LogP contribution in [0, 0.1) is 0 Å². The average Bonchev–Trinajstić information content (AvgIpc) is 2.37. The number of rotatable bonds is 4. The molecule has 0 saturated heterocycles. The van der Waals surface area contributed by atoms with Gasteiger partial charge in [-0.3, -0.25) is 0 Å². The van der Waals surface area contributed by atoms with E-state index in [0.717, 1.165) is 16.3 Å². The fourth-order valence-corrected chi connectivity index (χ4v) is 2.80. The highest BCUT2D eigenvalue weighted by Gasteiger charge is 2.18. The minimum absolute atomic E-state index is 0.279. The number of nitrogens with one attached hydrogen (secondary N) is 1. The summed E-state index contributed by atoms with van der Waals surface area (Å²) < 4.78 is 27.6. The molecule has 5 heteroatoms. The maximum Gasteiger partial charge on any atom is 0.279 e. The Kier molecular flexibility index (Phi) is 3.89. The molecule has 19 heavy (non-hydrogen) atoms. The van der Waals surface area contributed by atoms with Crippen LogP contribution in [0.4, 0.5) is 0 Å². The molecule has 0 aliphatic rings. The van der Waals surface area contributed by atoms with Crippen molar-refractivity contribution in [3.05, 3.63) is 48.0 Å². The summed E-state index contributed by atoms with van der Waals surface area (Å²) in [5.41, 5.74) is 0.975. The Bertz CT molecular complexity index is 675. The predicted molar refractivity (Wildman–Crippen MR) is 78.1 cm³/mol. The second kappa shape index (κ2) is 5.28. The Balaban J connectivity index is 2.40. The fraction of sp³-hybridized carbons (Fsp3) is 0.286. The van der Waals surface area contributed by atoms with E-state index in [0.29, 0.717) is 0 Å². The minimum Gasteiger partial charge on any atom is -0.195 e. The molecule has 1 N–H and O–H groups in total. The van der Waals surface area contributed by atoms with Crippen LogP contribution in [0.15, 0.2) is 42.5 Å². The Morgan fingerprint density at radius 3 is 2.37 bits per heavy atom. The molecule has 2 rings (SSSR count). The van der Waals surface area contributed by atoms with Gasteiger partial charge in [-0.2, -0.15) is 17.4 Å². The molecule has 0 aliphatic carbocycles. The Morgan fingerprint density at radius 2 is 1.68 bits per heavy atom. The van der Waals surface area contributed by atoms with E-state index in [2.05, 4.69) is 4.72 Å². The van der Waals surface area contributed by atoms with Crippen molar-refractivity contribution in [1.82, 2.24) is 9.03 Å². The number of fused-ring (bicyclic) bond motifs is 1. The van der Waals surface area contributed by atoms with Crippen LogP contribution in [0.3, 0.4) is 0 Å². The number of hydrogen-bond acceptors (Lipinski definition) is 2. The number of benzene rings is 2. The van der Waals surface area contributed by atoms with Crippen LogP contribution >= 0.6 is 0 Å². The fourth-order valence-electron chi connectivity index (χ4n) is 2.02. The zero-order valence-corrected chi connectivity index (χ0v) is 12.1. The molecule has 1 atom stereocenters. The van der Waals surface area contributed by atoms with Gasteiger partial charge in [0.05, 0.1) is 0 Å². The monoisotopic (exact) mass is 278 g/mol. The van der Waals surface area contributed by atoms with Crippen LogP contribution in [0.1, 0.15) is 18.5 Å². The van der Waals surface area contributed by atoms with Crippen LogP contribution in [0.5, 0.6) is 0 Å². The maximum absolute atomic E-state index is 11.9. The predicted octanol–water partition coefficient (Wildman–Crippen LogP) is 2.30. The summed E-state index contributed by atoms with van der Waals surface area (Å²) in [4.78, 5) is 0. The first-order valence-corrected chi connectivity index (χ1v) is 7.53. The van der Waals surface area contributed by atoms with Gasteiger partial charge in [0.25, 0.3) is 10.2 Å². The maximum atomic E-state index is 11.9. The zero-order chi connectivity index (χ0) is 14.0. The van der Waals surface area contributed by atoms with Crippen LogP contribution in [0.25, 0.3) is 10.8 Å². The van der Waals surface area contributed by atoms with Crippen molar-refractivity contribution in [3.63, 3.8) is 0 Å². The van der Waals surface area contributed by atoms with Crippen LogP contribution in [-0.2, 0) is 10.2 Å². The largest absolute Gasteiger partial charge is 0.279 e. The molecule has 2 aromatic carbocycles. The molecule has 102 valence electrons. The second-order valence-corrected chi connectivity index (χ2v) is 6.61. The van der Waals surface area contributed by atoms with Crippen molar-refractivity contribution in [2.24, 2.45) is 0 Å². The van der Waals surface area contributed by atoms with Crippen molar-refractivity contribution >= 4 is 21.0 Å². The van der Waals surface area contributed by atoms with Gasteiger partial charge in [0.1, 0.15) is 0 Å². The quantitative estimate of drug-likeness (QED) is 0.933. The van der Waals surface area contributed by atoms with Crippen molar-refractivity contribution < 1.29 is 8.42 Å². The van der Waals surface area contributed by atoms with Crippen LogP contribution < -0.4 is 4.72 Å². The van der Waals surface area contributed by atoms with Gasteiger partial charge in [-0.05, 0) is 23.3 Å². The van der Waals surface area contributed by atoms with Gasteiger partial charge < -0.3 is 0 Å². The average molecular weight is 278 g/mol. The molecule has 0 aliphatic heterocycles. The number of nitrogens with zero attached hydrogens (tertiary/aromatic N) is 1. The Morgan fingerprint density at radius 1 is 1.05 bits per heavy atom. The van der Waals surface area contributed by atoms with Gasteiger partial charge in [-0.15, -0.1) is 0 Å². The van der Waals surface area contributed by atoms with Gasteiger partial charge in [-0.1, -0.05) is 42.5 Å². The van der Waals surface area contributed by atoms with Gasteiger partial charge in [0.15, 0.2) is 0 Å². The lowest BCUT2D eigenvalue weighted by atomic mass is 10.0. The highest BCUT2D eigenvalue weighted by atomic mass is 32.2. The lowest BCUT2D eigenvalue weighted by Gasteiger charge is -2.19. The van der Waals surface area contributed by atoms with E-state index in [1.54, 1.807) is 0 Å². The minimum atomic E-state index is -3.43. The van der Waals surface area contributed by atoms with Crippen molar-refractivity contribution in [1.29, 1.82) is 0 Å². The van der Waals surface area contributed by atoms with Crippen molar-refractivity contribution in [3.8, 4) is 0 Å². The molecule has 0 heterocycles. The Labute approximate surface area is 114 Å². The summed E-state index contributed by atoms with van der Waals surface area (Å²) in [7, 11) is -0.407. The SMILES string of the molecule is CC(NS(=O)(=O)N(C)C)c1cccc2ccccc12. The summed E-state index contributed by atoms with van der Waals surface area (Å²) in [5.74, 6) is 0. The third-order valence-electron chi connectivity index (χ3n) is 3.10. The van der Waals surface area contributed by atoms with Gasteiger partial charge in [0.2, 0.25) is 0 Å². The van der Waals surface area contributed by atoms with Crippen LogP contribution in [0.2, 0.25) is 0 Å². The lowest BCUT2D eigenvalue weighted by molar-refractivity contribution is 0.495. The molecule has 0 amide bonds. The molecule has 0 aromatic heterocycles. The van der Waals surface area contributed by atoms with E-state index in [-0.39, 0.29) is 6.04 Å². The van der Waals surface area contributed by atoms with E-state index in [4.69, 9.17) is 0 Å². The summed E-state index contributed by atoms with van der Waals surface area (Å²) in [6.07, 6.45) is 0. The molecule has 1 unspecified atom stereocenters. The second-order valence-electron chi connectivity index (χ2n) is 4.70. The molecule has 4 nitrogen and oxygen atoms in total. The molecule has 0 saturated carbocycles. The number of hydrogen-bond donors (Lipinski definition) is 1. The normalized spacial score (nSPS) is 13.9. The highest BCUT2D eigenvalue weighted by molar-refractivity contribution is 7.87. The highest BCUT2D eigenvalue weighted by Crippen LogP contribution is 2.24. The topological polar surface area (TPSA) is 49.4 Å². The van der Waals surface area contributed by atoms with Gasteiger partial charge >= 0.3 is 0 Å². The summed E-state index contributed by atoms with van der Waals surface area (Å²) in [5, 5.41) is 2.18. The standard InChI is InChI=1S/C14H18N2O2S/c1-11(15-19(17,18)16(2)3)13-10-6-8-12-7-4-5-9-14(12)13/h4-11,15H,1-3H3. The van der Waals surface area contributed by atoms with E-state index >= 15 is 0 Å². The lowest BCUT2D eigenvalue weighted by Crippen LogP contribution is -2.37. The van der Waals surface area contributed by atoms with Crippen molar-refractivity contribution in [2.45, 2.75) is 13.0 Å². The zero-order valence-electron chi connectivity index (χ0n) is 11.3. The van der Waals surface area contributed by atoms with E-state index in [1.807, 2.05) is 49.4 Å². The first-order valence-electron chi connectivity index (χ1n) is 6.09. The van der Waals surface area contributed by atoms with Gasteiger partial charge in [0, 0.05) is 20.1 Å². The molecule has 0 radical (unpaired) electrons. The summed E-state index contributed by atoms with van der Waals surface area (Å²) >= 11 is 0. The summed E-state index contributed by atoms with van der Waals surface area (Å²) in [6, 6.07) is 13.6. The molecule has 0 spiro atoms. The van der Waals surface area contributed by atoms with Crippen molar-refractivity contribution in [2.75, 3.05) is 14.1 Å².